The Balaban J connectivity index is 2.11. The summed E-state index contributed by atoms with van der Waals surface area (Å²) >= 11 is 12.9. The summed E-state index contributed by atoms with van der Waals surface area (Å²) in [6, 6.07) is 17.4. The number of nitrogens with zero attached hydrogens (tertiary/aromatic N) is 2. The van der Waals surface area contributed by atoms with E-state index < -0.39 is 34.1 Å². The predicted molar refractivity (Wildman–Crippen MR) is 166 cm³/mol. The van der Waals surface area contributed by atoms with Crippen molar-refractivity contribution < 1.29 is 18.0 Å². The zero-order valence-electron chi connectivity index (χ0n) is 24.2. The molecule has 0 saturated carbocycles. The van der Waals surface area contributed by atoms with Gasteiger partial charge < -0.3 is 10.2 Å². The number of halogens is 2. The van der Waals surface area contributed by atoms with E-state index >= 15 is 0 Å². The molecule has 1 atom stereocenters. The molecule has 0 fully saturated rings. The molecular weight excluding hydrogens is 581 g/mol. The zero-order chi connectivity index (χ0) is 30.5. The quantitative estimate of drug-likeness (QED) is 0.280. The third kappa shape index (κ3) is 8.24. The van der Waals surface area contributed by atoms with Crippen molar-refractivity contribution in [3.63, 3.8) is 0 Å². The van der Waals surface area contributed by atoms with Gasteiger partial charge in [-0.25, -0.2) is 8.42 Å². The number of nitrogens with one attached hydrogen (secondary N) is 1. The molecular formula is C31H37Cl2N3O4S. The standard InChI is InChI=1S/C31H37Cl2N3O4S/c1-7-28(30(38)34-31(4,5)6)35(19-25-26(32)9-8-10-27(25)33)29(37)20-36(23-15-11-21(2)12-16-23)41(39,40)24-17-13-22(3)14-18-24/h8-18,28H,7,19-20H2,1-6H3,(H,34,38)/t28-/m0/s1. The van der Waals surface area contributed by atoms with Crippen LogP contribution in [0, 0.1) is 13.8 Å². The maximum atomic E-state index is 14.2. The number of rotatable bonds is 10. The van der Waals surface area contributed by atoms with Crippen LogP contribution in [0.25, 0.3) is 0 Å². The van der Waals surface area contributed by atoms with E-state index in [9.17, 15) is 18.0 Å². The molecule has 2 amide bonds. The third-order valence-corrected chi connectivity index (χ3v) is 8.98. The molecule has 0 heterocycles. The number of aryl methyl sites for hydroxylation is 2. The molecule has 41 heavy (non-hydrogen) atoms. The molecule has 7 nitrogen and oxygen atoms in total. The number of benzene rings is 3. The number of amides is 2. The Morgan fingerprint density at radius 1 is 0.878 bits per heavy atom. The lowest BCUT2D eigenvalue weighted by Gasteiger charge is -2.35. The Hall–Kier alpha value is -3.07. The van der Waals surface area contributed by atoms with Crippen LogP contribution in [0.3, 0.4) is 0 Å². The van der Waals surface area contributed by atoms with Crippen molar-refractivity contribution in [3.8, 4) is 0 Å². The second-order valence-corrected chi connectivity index (χ2v) is 13.7. The first-order valence-electron chi connectivity index (χ1n) is 13.3. The molecule has 0 aliphatic rings. The molecule has 1 N–H and O–H groups in total. The number of carbonyl (C=O) groups excluding carboxylic acids is 2. The normalized spacial score (nSPS) is 12.5. The van der Waals surface area contributed by atoms with E-state index in [2.05, 4.69) is 5.32 Å². The van der Waals surface area contributed by atoms with Crippen LogP contribution in [0.4, 0.5) is 5.69 Å². The van der Waals surface area contributed by atoms with Crippen LogP contribution < -0.4 is 9.62 Å². The van der Waals surface area contributed by atoms with Gasteiger partial charge in [-0.05, 0) is 77.4 Å². The summed E-state index contributed by atoms with van der Waals surface area (Å²) in [5, 5.41) is 3.62. The Morgan fingerprint density at radius 3 is 1.88 bits per heavy atom. The predicted octanol–water partition coefficient (Wildman–Crippen LogP) is 6.53. The molecule has 220 valence electrons. The van der Waals surface area contributed by atoms with Gasteiger partial charge in [-0.1, -0.05) is 71.6 Å². The molecule has 10 heteroatoms. The fourth-order valence-electron chi connectivity index (χ4n) is 4.30. The molecule has 3 aromatic rings. The second kappa shape index (κ2) is 13.3. The maximum Gasteiger partial charge on any atom is 0.264 e. The van der Waals surface area contributed by atoms with E-state index in [0.717, 1.165) is 15.4 Å². The minimum atomic E-state index is -4.15. The Morgan fingerprint density at radius 2 is 1.39 bits per heavy atom. The van der Waals surface area contributed by atoms with Crippen molar-refractivity contribution in [2.75, 3.05) is 10.8 Å². The molecule has 0 unspecified atom stereocenters. The number of hydrogen-bond donors (Lipinski definition) is 1. The van der Waals surface area contributed by atoms with Crippen LogP contribution in [0.2, 0.25) is 10.0 Å². The van der Waals surface area contributed by atoms with Gasteiger partial charge in [0.25, 0.3) is 10.0 Å². The minimum Gasteiger partial charge on any atom is -0.350 e. The van der Waals surface area contributed by atoms with Crippen LogP contribution in [0.15, 0.2) is 71.6 Å². The Bertz CT molecular complexity index is 1460. The van der Waals surface area contributed by atoms with Gasteiger partial charge >= 0.3 is 0 Å². The lowest BCUT2D eigenvalue weighted by molar-refractivity contribution is -0.141. The summed E-state index contributed by atoms with van der Waals surface area (Å²) < 4.78 is 29.0. The van der Waals surface area contributed by atoms with E-state index in [4.69, 9.17) is 23.2 Å². The summed E-state index contributed by atoms with van der Waals surface area (Å²) in [6.45, 7) is 10.5. The largest absolute Gasteiger partial charge is 0.350 e. The smallest absolute Gasteiger partial charge is 0.264 e. The molecule has 3 rings (SSSR count). The first-order chi connectivity index (χ1) is 19.1. The van der Waals surface area contributed by atoms with Crippen molar-refractivity contribution >= 4 is 50.7 Å². The molecule has 0 bridgehead atoms. The average molecular weight is 619 g/mol. The van der Waals surface area contributed by atoms with Crippen molar-refractivity contribution in [2.45, 2.75) is 71.0 Å². The zero-order valence-corrected chi connectivity index (χ0v) is 26.6. The van der Waals surface area contributed by atoms with E-state index in [1.165, 1.54) is 17.0 Å². The minimum absolute atomic E-state index is 0.0506. The highest BCUT2D eigenvalue weighted by Gasteiger charge is 2.35. The van der Waals surface area contributed by atoms with E-state index in [1.54, 1.807) is 61.5 Å². The first-order valence-corrected chi connectivity index (χ1v) is 15.5. The highest BCUT2D eigenvalue weighted by atomic mass is 35.5. The average Bonchev–Trinajstić information content (AvgIpc) is 2.88. The summed E-state index contributed by atoms with van der Waals surface area (Å²) in [4.78, 5) is 29.0. The lowest BCUT2D eigenvalue weighted by Crippen LogP contribution is -2.55. The Labute approximate surface area is 253 Å². The van der Waals surface area contributed by atoms with Crippen molar-refractivity contribution in [1.29, 1.82) is 0 Å². The molecule has 0 radical (unpaired) electrons. The van der Waals surface area contributed by atoms with E-state index in [0.29, 0.717) is 21.3 Å². The van der Waals surface area contributed by atoms with E-state index in [1.807, 2.05) is 34.6 Å². The monoisotopic (exact) mass is 617 g/mol. The fraction of sp³-hybridized carbons (Fsp3) is 0.355. The Kier molecular flexibility index (Phi) is 10.5. The van der Waals surface area contributed by atoms with Gasteiger partial charge in [-0.15, -0.1) is 0 Å². The number of anilines is 1. The van der Waals surface area contributed by atoms with Gasteiger partial charge in [0.15, 0.2) is 0 Å². The van der Waals surface area contributed by atoms with Gasteiger partial charge in [0, 0.05) is 27.7 Å². The van der Waals surface area contributed by atoms with Gasteiger partial charge in [0.05, 0.1) is 10.6 Å². The van der Waals surface area contributed by atoms with Crippen molar-refractivity contribution in [3.05, 3.63) is 93.5 Å². The summed E-state index contributed by atoms with van der Waals surface area (Å²) in [6.07, 6.45) is 0.283. The maximum absolute atomic E-state index is 14.2. The van der Waals surface area contributed by atoms with E-state index in [-0.39, 0.29) is 23.8 Å². The SMILES string of the molecule is CC[C@@H](C(=O)NC(C)(C)C)N(Cc1c(Cl)cccc1Cl)C(=O)CN(c1ccc(C)cc1)S(=O)(=O)c1ccc(C)cc1. The summed E-state index contributed by atoms with van der Waals surface area (Å²) in [5.41, 5.74) is 2.08. The molecule has 3 aromatic carbocycles. The second-order valence-electron chi connectivity index (χ2n) is 11.0. The lowest BCUT2D eigenvalue weighted by atomic mass is 10.1. The van der Waals surface area contributed by atoms with Crippen molar-refractivity contribution in [2.24, 2.45) is 0 Å². The van der Waals surface area contributed by atoms with Gasteiger partial charge in [0.2, 0.25) is 11.8 Å². The van der Waals surface area contributed by atoms with Crippen LogP contribution in [-0.4, -0.2) is 43.3 Å². The first kappa shape index (κ1) is 32.4. The highest BCUT2D eigenvalue weighted by Crippen LogP contribution is 2.29. The highest BCUT2D eigenvalue weighted by molar-refractivity contribution is 7.92. The summed E-state index contributed by atoms with van der Waals surface area (Å²) in [5.74, 6) is -0.937. The number of hydrogen-bond acceptors (Lipinski definition) is 4. The molecule has 0 aliphatic carbocycles. The van der Waals surface area contributed by atoms with Crippen LogP contribution in [0.1, 0.15) is 50.8 Å². The third-order valence-electron chi connectivity index (χ3n) is 6.48. The van der Waals surface area contributed by atoms with Gasteiger partial charge in [-0.2, -0.15) is 0 Å². The van der Waals surface area contributed by atoms with Crippen LogP contribution >= 0.6 is 23.2 Å². The van der Waals surface area contributed by atoms with Crippen LogP contribution in [-0.2, 0) is 26.2 Å². The molecule has 0 aromatic heterocycles. The topological polar surface area (TPSA) is 86.8 Å². The fourth-order valence-corrected chi connectivity index (χ4v) is 6.23. The van der Waals surface area contributed by atoms with Crippen LogP contribution in [0.5, 0.6) is 0 Å². The number of carbonyl (C=O) groups is 2. The van der Waals surface area contributed by atoms with Crippen molar-refractivity contribution in [1.82, 2.24) is 10.2 Å². The molecule has 0 spiro atoms. The molecule has 0 aliphatic heterocycles. The number of sulfonamides is 1. The van der Waals surface area contributed by atoms with Gasteiger partial charge in [-0.3, -0.25) is 13.9 Å². The summed E-state index contributed by atoms with van der Waals surface area (Å²) in [7, 11) is -4.15. The molecule has 0 saturated heterocycles. The van der Waals surface area contributed by atoms with Gasteiger partial charge in [0.1, 0.15) is 12.6 Å².